The molecule has 5 aromatic carbocycles. The van der Waals surface area contributed by atoms with Gasteiger partial charge in [-0.3, -0.25) is 0 Å². The van der Waals surface area contributed by atoms with Crippen molar-refractivity contribution in [3.63, 3.8) is 0 Å². The van der Waals surface area contributed by atoms with Crippen LogP contribution in [0.25, 0.3) is 11.1 Å². The van der Waals surface area contributed by atoms with Gasteiger partial charge in [-0.1, -0.05) is 126 Å². The molecule has 12 rings (SSSR count). The fourth-order valence-corrected chi connectivity index (χ4v) is 14.5. The molecule has 0 amide bonds. The summed E-state index contributed by atoms with van der Waals surface area (Å²) in [6.45, 7) is 14.8. The quantitative estimate of drug-likeness (QED) is 0.183. The largest absolute Gasteiger partial charge is 0.309 e. The molecule has 7 aliphatic rings. The number of fused-ring (bicyclic) bond motifs is 6. The van der Waals surface area contributed by atoms with E-state index in [4.69, 9.17) is 0 Å². The maximum absolute atomic E-state index is 2.73. The van der Waals surface area contributed by atoms with Gasteiger partial charge in [0.15, 0.2) is 0 Å². The van der Waals surface area contributed by atoms with Gasteiger partial charge < -0.3 is 4.90 Å². The number of benzene rings is 5. The Morgan fingerprint density at radius 1 is 0.528 bits per heavy atom. The van der Waals surface area contributed by atoms with Gasteiger partial charge in [-0.05, 0) is 154 Å². The zero-order valence-corrected chi connectivity index (χ0v) is 33.2. The first-order chi connectivity index (χ1) is 25.5. The van der Waals surface area contributed by atoms with Crippen molar-refractivity contribution in [3.05, 3.63) is 137 Å². The van der Waals surface area contributed by atoms with Crippen molar-refractivity contribution < 1.29 is 0 Å². The van der Waals surface area contributed by atoms with Gasteiger partial charge in [-0.25, -0.2) is 0 Å². The second-order valence-corrected chi connectivity index (χ2v) is 20.7. The lowest BCUT2D eigenvalue weighted by Gasteiger charge is -2.63. The van der Waals surface area contributed by atoms with Crippen molar-refractivity contribution in [1.29, 1.82) is 0 Å². The molecular formula is C51H53NS. The molecule has 4 bridgehead atoms. The first-order valence-electron chi connectivity index (χ1n) is 20.6. The van der Waals surface area contributed by atoms with Crippen LogP contribution in [0, 0.1) is 23.7 Å². The van der Waals surface area contributed by atoms with E-state index in [0.717, 1.165) is 23.7 Å². The van der Waals surface area contributed by atoms with Crippen molar-refractivity contribution in [2.75, 3.05) is 4.90 Å². The number of nitrogens with zero attached hydrogens (tertiary/aromatic N) is 1. The predicted octanol–water partition coefficient (Wildman–Crippen LogP) is 14.0. The molecule has 0 N–H and O–H groups in total. The molecule has 1 spiro atoms. The molecule has 0 unspecified atom stereocenters. The smallest absolute Gasteiger partial charge is 0.0604 e. The monoisotopic (exact) mass is 711 g/mol. The van der Waals surface area contributed by atoms with Gasteiger partial charge in [0.2, 0.25) is 0 Å². The summed E-state index contributed by atoms with van der Waals surface area (Å²) in [5, 5.41) is 0. The highest BCUT2D eigenvalue weighted by molar-refractivity contribution is 7.99. The molecule has 5 aromatic rings. The molecule has 6 aliphatic carbocycles. The summed E-state index contributed by atoms with van der Waals surface area (Å²) in [5.74, 6) is 3.31. The molecule has 2 heteroatoms. The summed E-state index contributed by atoms with van der Waals surface area (Å²) in [6.07, 6.45) is 9.47. The Morgan fingerprint density at radius 2 is 1.13 bits per heavy atom. The minimum atomic E-state index is -0.0702. The minimum Gasteiger partial charge on any atom is -0.309 e. The van der Waals surface area contributed by atoms with E-state index in [0.29, 0.717) is 0 Å². The highest BCUT2D eigenvalue weighted by Crippen LogP contribution is 2.70. The third kappa shape index (κ3) is 4.34. The van der Waals surface area contributed by atoms with Crippen LogP contribution in [0.1, 0.15) is 120 Å². The van der Waals surface area contributed by atoms with E-state index in [1.807, 2.05) is 0 Å². The fourth-order valence-electron chi connectivity index (χ4n) is 13.2. The lowest BCUT2D eigenvalue weighted by molar-refractivity contribution is -0.0443. The van der Waals surface area contributed by atoms with E-state index < -0.39 is 0 Å². The van der Waals surface area contributed by atoms with Crippen LogP contribution < -0.4 is 4.90 Å². The number of anilines is 3. The summed E-state index contributed by atoms with van der Waals surface area (Å²) in [4.78, 5) is 5.71. The normalized spacial score (nSPS) is 28.5. The molecule has 4 fully saturated rings. The summed E-state index contributed by atoms with van der Waals surface area (Å²) >= 11 is 2.06. The Bertz CT molecular complexity index is 2310. The molecule has 1 nitrogen and oxygen atoms in total. The zero-order valence-electron chi connectivity index (χ0n) is 32.4. The summed E-state index contributed by atoms with van der Waals surface area (Å²) in [7, 11) is 0. The van der Waals surface area contributed by atoms with Gasteiger partial charge >= 0.3 is 0 Å². The van der Waals surface area contributed by atoms with E-state index in [2.05, 4.69) is 161 Å². The highest BCUT2D eigenvalue weighted by atomic mass is 32.2. The van der Waals surface area contributed by atoms with Crippen LogP contribution in [0.4, 0.5) is 17.1 Å². The van der Waals surface area contributed by atoms with Gasteiger partial charge in [0.05, 0.1) is 11.4 Å². The Kier molecular flexibility index (Phi) is 6.74. The molecule has 0 saturated heterocycles. The van der Waals surface area contributed by atoms with Gasteiger partial charge in [0, 0.05) is 26.3 Å². The van der Waals surface area contributed by atoms with Crippen molar-refractivity contribution in [2.24, 2.45) is 23.7 Å². The Morgan fingerprint density at radius 3 is 1.89 bits per heavy atom. The maximum atomic E-state index is 2.73. The molecule has 1 heterocycles. The fraction of sp³-hybridized carbons (Fsp3) is 0.412. The van der Waals surface area contributed by atoms with Crippen LogP contribution in [0.15, 0.2) is 113 Å². The van der Waals surface area contributed by atoms with E-state index >= 15 is 0 Å². The van der Waals surface area contributed by atoms with Crippen molar-refractivity contribution in [2.45, 2.75) is 118 Å². The molecule has 1 aliphatic heterocycles. The second-order valence-electron chi connectivity index (χ2n) is 19.6. The number of hydrogen-bond acceptors (Lipinski definition) is 2. The number of rotatable bonds is 3. The van der Waals surface area contributed by atoms with Crippen LogP contribution in [-0.2, 0) is 21.7 Å². The first-order valence-corrected chi connectivity index (χ1v) is 21.4. The number of hydrogen-bond donors (Lipinski definition) is 0. The summed E-state index contributed by atoms with van der Waals surface area (Å²) in [5.41, 5.74) is 16.2. The van der Waals surface area contributed by atoms with Crippen molar-refractivity contribution in [3.8, 4) is 11.1 Å². The van der Waals surface area contributed by atoms with Crippen LogP contribution in [0.2, 0.25) is 0 Å². The SMILES string of the molecule is CC1(C)CCC(C)(C)c2c(N(c3ccc4c(c3)C(C)(C)c3ccccc3-4)c3cccc4c3Sc3ccccc3C43C4CC5CC(C4)CC3C5)cccc21. The lowest BCUT2D eigenvalue weighted by atomic mass is 9.42. The predicted molar refractivity (Wildman–Crippen MR) is 222 cm³/mol. The van der Waals surface area contributed by atoms with Gasteiger partial charge in [-0.15, -0.1) is 0 Å². The van der Waals surface area contributed by atoms with Crippen molar-refractivity contribution in [1.82, 2.24) is 0 Å². The van der Waals surface area contributed by atoms with Crippen LogP contribution >= 0.6 is 11.8 Å². The Balaban J connectivity index is 1.19. The average molecular weight is 712 g/mol. The van der Waals surface area contributed by atoms with Gasteiger partial charge in [0.1, 0.15) is 0 Å². The van der Waals surface area contributed by atoms with Crippen LogP contribution in [0.3, 0.4) is 0 Å². The first kappa shape index (κ1) is 32.7. The topological polar surface area (TPSA) is 3.24 Å². The van der Waals surface area contributed by atoms with Crippen molar-refractivity contribution >= 4 is 28.8 Å². The second kappa shape index (κ2) is 10.9. The molecule has 268 valence electrons. The third-order valence-electron chi connectivity index (χ3n) is 15.5. The molecular weight excluding hydrogens is 659 g/mol. The molecule has 0 aromatic heterocycles. The highest BCUT2D eigenvalue weighted by Gasteiger charge is 2.61. The van der Waals surface area contributed by atoms with Gasteiger partial charge in [0.25, 0.3) is 0 Å². The van der Waals surface area contributed by atoms with Crippen LogP contribution in [-0.4, -0.2) is 0 Å². The van der Waals surface area contributed by atoms with E-state index in [9.17, 15) is 0 Å². The molecule has 53 heavy (non-hydrogen) atoms. The Hall–Kier alpha value is -3.75. The van der Waals surface area contributed by atoms with E-state index in [1.165, 1.54) is 105 Å². The van der Waals surface area contributed by atoms with Gasteiger partial charge in [-0.2, -0.15) is 0 Å². The average Bonchev–Trinajstić information content (AvgIpc) is 3.37. The van der Waals surface area contributed by atoms with E-state index in [-0.39, 0.29) is 21.7 Å². The van der Waals surface area contributed by atoms with E-state index in [1.54, 1.807) is 11.1 Å². The zero-order chi connectivity index (χ0) is 36.1. The summed E-state index contributed by atoms with van der Waals surface area (Å²) in [6, 6.07) is 40.8. The minimum absolute atomic E-state index is 0.0587. The standard InChI is InChI=1S/C51H53NS/c1-48(2)23-24-49(3,4)46-40(48)16-11-18-43(46)52(35-21-22-37-36-13-7-8-14-38(36)50(5,6)42(37)30-35)44-19-12-17-41-47(44)53-45-20-10-9-15-39(45)51(41)33-26-31-25-32(28-33)29-34(51)27-31/h7-22,30-34H,23-29H2,1-6H3. The summed E-state index contributed by atoms with van der Waals surface area (Å²) < 4.78 is 0. The maximum Gasteiger partial charge on any atom is 0.0604 e. The lowest BCUT2D eigenvalue weighted by Crippen LogP contribution is -2.57. The Labute approximate surface area is 321 Å². The third-order valence-corrected chi connectivity index (χ3v) is 16.8. The molecule has 0 radical (unpaired) electrons. The molecule has 4 saturated carbocycles. The molecule has 0 atom stereocenters. The van der Waals surface area contributed by atoms with Crippen LogP contribution in [0.5, 0.6) is 0 Å².